The van der Waals surface area contributed by atoms with Gasteiger partial charge in [-0.1, -0.05) is 84.0 Å². The summed E-state index contributed by atoms with van der Waals surface area (Å²) in [4.78, 5) is 17.2. The predicted octanol–water partition coefficient (Wildman–Crippen LogP) is 5.55. The van der Waals surface area contributed by atoms with Crippen molar-refractivity contribution in [3.63, 3.8) is 0 Å². The molecule has 23 heavy (non-hydrogen) atoms. The fourth-order valence-electron chi connectivity index (χ4n) is 2.59. The summed E-state index contributed by atoms with van der Waals surface area (Å²) in [5, 5.41) is 0. The van der Waals surface area contributed by atoms with Crippen molar-refractivity contribution in [1.29, 1.82) is 0 Å². The lowest BCUT2D eigenvalue weighted by Gasteiger charge is -2.14. The molecule has 0 heterocycles. The van der Waals surface area contributed by atoms with Crippen LogP contribution in [0.4, 0.5) is 0 Å². The van der Waals surface area contributed by atoms with Gasteiger partial charge in [-0.15, -0.1) is 0 Å². The molecule has 0 aliphatic carbocycles. The van der Waals surface area contributed by atoms with Crippen molar-refractivity contribution < 1.29 is 23.6 Å². The molecule has 1 atom stereocenters. The first kappa shape index (κ1) is 23.1. The van der Waals surface area contributed by atoms with Gasteiger partial charge in [-0.25, -0.2) is 4.57 Å². The summed E-state index contributed by atoms with van der Waals surface area (Å²) in [5.74, 6) is 0. The van der Waals surface area contributed by atoms with Crippen LogP contribution < -0.4 is 0 Å². The summed E-state index contributed by atoms with van der Waals surface area (Å²) in [6.45, 7) is 4.24. The second-order valence-corrected chi connectivity index (χ2v) is 7.47. The van der Waals surface area contributed by atoms with Crippen LogP contribution in [-0.4, -0.2) is 22.7 Å². The molecule has 0 aromatic heterocycles. The molecule has 0 saturated heterocycles. The second-order valence-electron chi connectivity index (χ2n) is 6.28. The summed E-state index contributed by atoms with van der Waals surface area (Å²) < 4.78 is 20.2. The zero-order valence-corrected chi connectivity index (χ0v) is 15.9. The molecule has 140 valence electrons. The lowest BCUT2D eigenvalue weighted by Crippen LogP contribution is -2.12. The Balaban J connectivity index is 3.15. The zero-order valence-electron chi connectivity index (χ0n) is 15.0. The van der Waals surface area contributed by atoms with Crippen molar-refractivity contribution in [2.24, 2.45) is 0 Å². The van der Waals surface area contributed by atoms with E-state index in [-0.39, 0.29) is 0 Å². The van der Waals surface area contributed by atoms with E-state index in [1.165, 1.54) is 77.6 Å². The van der Waals surface area contributed by atoms with Gasteiger partial charge in [-0.2, -0.15) is 0 Å². The van der Waals surface area contributed by atoms with Crippen molar-refractivity contribution >= 4 is 7.82 Å². The van der Waals surface area contributed by atoms with E-state index in [0.29, 0.717) is 6.61 Å². The first-order valence-corrected chi connectivity index (χ1v) is 10.8. The maximum absolute atomic E-state index is 10.6. The lowest BCUT2D eigenvalue weighted by atomic mass is 10.0. The molecule has 0 bridgehead atoms. The molecule has 6 heteroatoms. The molecular formula is C17H37O5P. The smallest absolute Gasteiger partial charge is 0.352 e. The van der Waals surface area contributed by atoms with E-state index in [1.807, 2.05) is 0 Å². The van der Waals surface area contributed by atoms with E-state index in [0.717, 1.165) is 12.8 Å². The number of unbranched alkanes of at least 4 members (excludes halogenated alkanes) is 12. The van der Waals surface area contributed by atoms with Crippen LogP contribution in [0.2, 0.25) is 0 Å². The van der Waals surface area contributed by atoms with Crippen molar-refractivity contribution in [2.75, 3.05) is 6.61 Å². The Morgan fingerprint density at radius 1 is 0.783 bits per heavy atom. The van der Waals surface area contributed by atoms with E-state index >= 15 is 0 Å². The van der Waals surface area contributed by atoms with Crippen LogP contribution in [0, 0.1) is 0 Å². The summed E-state index contributed by atoms with van der Waals surface area (Å²) >= 11 is 0. The molecule has 0 aliphatic heterocycles. The van der Waals surface area contributed by atoms with Gasteiger partial charge >= 0.3 is 7.82 Å². The van der Waals surface area contributed by atoms with Crippen LogP contribution in [0.15, 0.2) is 0 Å². The quantitative estimate of drug-likeness (QED) is 0.204. The molecule has 0 rings (SSSR count). The van der Waals surface area contributed by atoms with Gasteiger partial charge in [0.1, 0.15) is 0 Å². The highest BCUT2D eigenvalue weighted by atomic mass is 31.2. The van der Waals surface area contributed by atoms with Crippen LogP contribution in [0.25, 0.3) is 0 Å². The van der Waals surface area contributed by atoms with Crippen molar-refractivity contribution in [3.8, 4) is 0 Å². The Morgan fingerprint density at radius 2 is 1.17 bits per heavy atom. The van der Waals surface area contributed by atoms with E-state index < -0.39 is 14.1 Å². The molecular weight excluding hydrogens is 315 g/mol. The summed E-state index contributed by atoms with van der Waals surface area (Å²) in [6.07, 6.45) is 15.9. The summed E-state index contributed by atoms with van der Waals surface area (Å²) in [7, 11) is -4.44. The lowest BCUT2D eigenvalue weighted by molar-refractivity contribution is -0.0802. The topological polar surface area (TPSA) is 76.0 Å². The van der Waals surface area contributed by atoms with E-state index in [4.69, 9.17) is 14.5 Å². The SMILES string of the molecule is CCCCCCCCCCCCCCCOC(C)OP(=O)(O)O. The third kappa shape index (κ3) is 20.0. The van der Waals surface area contributed by atoms with Gasteiger partial charge in [-0.05, 0) is 13.3 Å². The van der Waals surface area contributed by atoms with Gasteiger partial charge in [0, 0.05) is 6.61 Å². The Morgan fingerprint density at radius 3 is 1.57 bits per heavy atom. The highest BCUT2D eigenvalue weighted by Crippen LogP contribution is 2.37. The number of phosphoric acid groups is 1. The zero-order chi connectivity index (χ0) is 17.4. The number of hydrogen-bond donors (Lipinski definition) is 2. The third-order valence-electron chi connectivity index (χ3n) is 3.89. The van der Waals surface area contributed by atoms with E-state index in [2.05, 4.69) is 11.4 Å². The van der Waals surface area contributed by atoms with Crippen molar-refractivity contribution in [3.05, 3.63) is 0 Å². The molecule has 0 aromatic carbocycles. The maximum atomic E-state index is 10.6. The minimum atomic E-state index is -4.44. The average molecular weight is 352 g/mol. The first-order chi connectivity index (χ1) is 11.0. The van der Waals surface area contributed by atoms with E-state index in [1.54, 1.807) is 0 Å². The Hall–Kier alpha value is 0.0700. The number of phosphoric ester groups is 1. The van der Waals surface area contributed by atoms with Crippen LogP contribution in [0.3, 0.4) is 0 Å². The molecule has 0 saturated carbocycles. The largest absolute Gasteiger partial charge is 0.471 e. The monoisotopic (exact) mass is 352 g/mol. The molecule has 0 aromatic rings. The van der Waals surface area contributed by atoms with Crippen molar-refractivity contribution in [2.45, 2.75) is 104 Å². The minimum Gasteiger partial charge on any atom is -0.352 e. The van der Waals surface area contributed by atoms with Crippen LogP contribution >= 0.6 is 7.82 Å². The Labute approximate surface area is 142 Å². The van der Waals surface area contributed by atoms with Gasteiger partial charge in [0.25, 0.3) is 0 Å². The minimum absolute atomic E-state index is 0.485. The van der Waals surface area contributed by atoms with Gasteiger partial charge in [0.05, 0.1) is 0 Å². The van der Waals surface area contributed by atoms with Gasteiger partial charge < -0.3 is 14.5 Å². The molecule has 0 spiro atoms. The standard InChI is InChI=1S/C17H37O5P/c1-3-4-5-6-7-8-9-10-11-12-13-14-15-16-21-17(2)22-23(18,19)20/h17H,3-16H2,1-2H3,(H2,18,19,20). The van der Waals surface area contributed by atoms with Gasteiger partial charge in [-0.3, -0.25) is 4.52 Å². The summed E-state index contributed by atoms with van der Waals surface area (Å²) in [6, 6.07) is 0. The average Bonchev–Trinajstić information content (AvgIpc) is 2.46. The fourth-order valence-corrected chi connectivity index (χ4v) is 3.04. The molecule has 1 unspecified atom stereocenters. The molecule has 0 aliphatic rings. The van der Waals surface area contributed by atoms with Crippen molar-refractivity contribution in [1.82, 2.24) is 0 Å². The maximum Gasteiger partial charge on any atom is 0.471 e. The van der Waals surface area contributed by atoms with Gasteiger partial charge in [0.2, 0.25) is 0 Å². The van der Waals surface area contributed by atoms with Crippen LogP contribution in [-0.2, 0) is 13.8 Å². The van der Waals surface area contributed by atoms with E-state index in [9.17, 15) is 4.57 Å². The Bertz CT molecular complexity index is 293. The van der Waals surface area contributed by atoms with Crippen LogP contribution in [0.1, 0.15) is 97.3 Å². The number of rotatable bonds is 17. The van der Waals surface area contributed by atoms with Gasteiger partial charge in [0.15, 0.2) is 6.29 Å². The molecule has 5 nitrogen and oxygen atoms in total. The highest BCUT2D eigenvalue weighted by molar-refractivity contribution is 7.46. The highest BCUT2D eigenvalue weighted by Gasteiger charge is 2.18. The first-order valence-electron chi connectivity index (χ1n) is 9.31. The number of ether oxygens (including phenoxy) is 1. The molecule has 0 fully saturated rings. The normalized spacial score (nSPS) is 13.4. The number of hydrogen-bond acceptors (Lipinski definition) is 3. The molecule has 2 N–H and O–H groups in total. The predicted molar refractivity (Wildman–Crippen MR) is 94.2 cm³/mol. The second kappa shape index (κ2) is 15.6. The summed E-state index contributed by atoms with van der Waals surface area (Å²) in [5.41, 5.74) is 0. The fraction of sp³-hybridized carbons (Fsp3) is 1.00. The molecule has 0 radical (unpaired) electrons. The third-order valence-corrected chi connectivity index (χ3v) is 4.46. The Kier molecular flexibility index (Phi) is 15.6. The van der Waals surface area contributed by atoms with Crippen LogP contribution in [0.5, 0.6) is 0 Å². The molecule has 0 amide bonds.